The number of carbonyl (C=O) groups excluding carboxylic acids is 1. The lowest BCUT2D eigenvalue weighted by Gasteiger charge is -1.96. The third kappa shape index (κ3) is 1.26. The Morgan fingerprint density at radius 2 is 1.67 bits per heavy atom. The minimum atomic E-state index is -1.40. The Kier molecular flexibility index (Phi) is 1.78. The summed E-state index contributed by atoms with van der Waals surface area (Å²) in [6, 6.07) is 0. The first kappa shape index (κ1) is 6.65. The van der Waals surface area contributed by atoms with Gasteiger partial charge in [-0.15, -0.1) is 0 Å². The number of hydrogen-bond donors (Lipinski definition) is 0. The molecule has 1 saturated carbocycles. The Hall–Kier alpha value is -0.470. The summed E-state index contributed by atoms with van der Waals surface area (Å²) in [6.07, 6.45) is -2.03. The van der Waals surface area contributed by atoms with E-state index >= 15 is 0 Å². The fourth-order valence-corrected chi connectivity index (χ4v) is 1.08. The summed E-state index contributed by atoms with van der Waals surface area (Å²) in [6.45, 7) is 0. The fourth-order valence-electron chi connectivity index (χ4n) is 1.08. The Morgan fingerprint density at radius 1 is 1.22 bits per heavy atom. The SMILES string of the molecule is O=CC1CC(F)[C@@H](F)C1. The molecule has 3 atom stereocenters. The van der Waals surface area contributed by atoms with Gasteiger partial charge in [-0.2, -0.15) is 0 Å². The van der Waals surface area contributed by atoms with Crippen LogP contribution in [0.25, 0.3) is 0 Å². The summed E-state index contributed by atoms with van der Waals surface area (Å²) in [5, 5.41) is 0. The van der Waals surface area contributed by atoms with Crippen LogP contribution in [0.2, 0.25) is 0 Å². The number of carbonyl (C=O) groups is 1. The summed E-state index contributed by atoms with van der Waals surface area (Å²) >= 11 is 0. The van der Waals surface area contributed by atoms with Gasteiger partial charge in [0.15, 0.2) is 0 Å². The monoisotopic (exact) mass is 134 g/mol. The summed E-state index contributed by atoms with van der Waals surface area (Å²) < 4.78 is 24.4. The Balaban J connectivity index is 2.43. The van der Waals surface area contributed by atoms with Crippen LogP contribution in [0.1, 0.15) is 12.8 Å². The molecule has 0 radical (unpaired) electrons. The van der Waals surface area contributed by atoms with Gasteiger partial charge in [0.25, 0.3) is 0 Å². The highest BCUT2D eigenvalue weighted by molar-refractivity contribution is 5.54. The van der Waals surface area contributed by atoms with Crippen LogP contribution in [-0.4, -0.2) is 18.6 Å². The number of halogens is 2. The Bertz CT molecular complexity index is 106. The first-order valence-electron chi connectivity index (χ1n) is 2.97. The normalized spacial score (nSPS) is 43.1. The maximum atomic E-state index is 12.2. The van der Waals surface area contributed by atoms with Crippen molar-refractivity contribution in [1.82, 2.24) is 0 Å². The van der Waals surface area contributed by atoms with E-state index in [-0.39, 0.29) is 18.8 Å². The van der Waals surface area contributed by atoms with E-state index in [9.17, 15) is 13.6 Å². The van der Waals surface area contributed by atoms with E-state index in [1.54, 1.807) is 0 Å². The van der Waals surface area contributed by atoms with Crippen molar-refractivity contribution in [2.45, 2.75) is 25.2 Å². The fraction of sp³-hybridized carbons (Fsp3) is 0.833. The molecule has 0 saturated heterocycles. The predicted octanol–water partition coefficient (Wildman–Crippen LogP) is 1.27. The zero-order chi connectivity index (χ0) is 6.85. The van der Waals surface area contributed by atoms with Crippen molar-refractivity contribution in [2.75, 3.05) is 0 Å². The molecule has 0 aliphatic heterocycles. The molecule has 1 aliphatic carbocycles. The van der Waals surface area contributed by atoms with Crippen LogP contribution >= 0.6 is 0 Å². The van der Waals surface area contributed by atoms with Gasteiger partial charge >= 0.3 is 0 Å². The molecule has 0 amide bonds. The van der Waals surface area contributed by atoms with Crippen molar-refractivity contribution < 1.29 is 13.6 Å². The lowest BCUT2D eigenvalue weighted by molar-refractivity contribution is -0.111. The van der Waals surface area contributed by atoms with Gasteiger partial charge in [0, 0.05) is 5.92 Å². The second-order valence-corrected chi connectivity index (χ2v) is 2.40. The second-order valence-electron chi connectivity index (χ2n) is 2.40. The molecule has 0 heterocycles. The highest BCUT2D eigenvalue weighted by atomic mass is 19.2. The molecular weight excluding hydrogens is 126 g/mol. The van der Waals surface area contributed by atoms with Crippen molar-refractivity contribution >= 4 is 6.29 Å². The van der Waals surface area contributed by atoms with Gasteiger partial charge in [0.05, 0.1) is 0 Å². The summed E-state index contributed by atoms with van der Waals surface area (Å²) in [5.41, 5.74) is 0. The number of hydrogen-bond acceptors (Lipinski definition) is 1. The van der Waals surface area contributed by atoms with Crippen molar-refractivity contribution in [2.24, 2.45) is 5.92 Å². The van der Waals surface area contributed by atoms with E-state index in [0.717, 1.165) is 0 Å². The van der Waals surface area contributed by atoms with Crippen LogP contribution in [0.15, 0.2) is 0 Å². The van der Waals surface area contributed by atoms with E-state index < -0.39 is 12.3 Å². The van der Waals surface area contributed by atoms with Gasteiger partial charge < -0.3 is 4.79 Å². The highest BCUT2D eigenvalue weighted by Crippen LogP contribution is 2.28. The van der Waals surface area contributed by atoms with Crippen molar-refractivity contribution in [3.8, 4) is 0 Å². The quantitative estimate of drug-likeness (QED) is 0.493. The third-order valence-electron chi connectivity index (χ3n) is 1.64. The van der Waals surface area contributed by atoms with Gasteiger partial charge in [-0.1, -0.05) is 0 Å². The summed E-state index contributed by atoms with van der Waals surface area (Å²) in [5.74, 6) is -0.380. The minimum absolute atomic E-state index is 0.0741. The maximum Gasteiger partial charge on any atom is 0.132 e. The number of alkyl halides is 2. The number of aldehydes is 1. The van der Waals surface area contributed by atoms with E-state index in [1.807, 2.05) is 0 Å². The van der Waals surface area contributed by atoms with Gasteiger partial charge in [-0.05, 0) is 12.8 Å². The molecule has 0 N–H and O–H groups in total. The molecule has 1 nitrogen and oxygen atoms in total. The third-order valence-corrected chi connectivity index (χ3v) is 1.64. The van der Waals surface area contributed by atoms with E-state index in [0.29, 0.717) is 6.29 Å². The molecular formula is C6H8F2O. The number of rotatable bonds is 1. The first-order valence-corrected chi connectivity index (χ1v) is 2.97. The van der Waals surface area contributed by atoms with Gasteiger partial charge in [-0.25, -0.2) is 8.78 Å². The van der Waals surface area contributed by atoms with Crippen LogP contribution in [0.4, 0.5) is 8.78 Å². The van der Waals surface area contributed by atoms with Gasteiger partial charge in [0.1, 0.15) is 18.6 Å². The topological polar surface area (TPSA) is 17.1 Å². The maximum absolute atomic E-state index is 12.2. The molecule has 1 fully saturated rings. The van der Waals surface area contributed by atoms with Crippen LogP contribution < -0.4 is 0 Å². The van der Waals surface area contributed by atoms with Crippen molar-refractivity contribution in [3.05, 3.63) is 0 Å². The molecule has 1 rings (SSSR count). The average molecular weight is 134 g/mol. The summed E-state index contributed by atoms with van der Waals surface area (Å²) in [4.78, 5) is 9.96. The molecule has 2 unspecified atom stereocenters. The molecule has 9 heavy (non-hydrogen) atoms. The van der Waals surface area contributed by atoms with E-state index in [2.05, 4.69) is 0 Å². The molecule has 0 aromatic carbocycles. The first-order chi connectivity index (χ1) is 4.24. The standard InChI is InChI=1S/C6H8F2O/c7-5-1-4(3-9)2-6(5)8/h3-6H,1-2H2/t4?,5-,6?/m0/s1. The largest absolute Gasteiger partial charge is 0.303 e. The minimum Gasteiger partial charge on any atom is -0.303 e. The van der Waals surface area contributed by atoms with E-state index in [1.165, 1.54) is 0 Å². The molecule has 52 valence electrons. The smallest absolute Gasteiger partial charge is 0.132 e. The molecule has 3 heteroatoms. The Labute approximate surface area is 52.1 Å². The van der Waals surface area contributed by atoms with Crippen molar-refractivity contribution in [1.29, 1.82) is 0 Å². The second kappa shape index (κ2) is 2.42. The molecule has 0 aromatic heterocycles. The molecule has 0 spiro atoms. The predicted molar refractivity (Wildman–Crippen MR) is 28.6 cm³/mol. The van der Waals surface area contributed by atoms with Crippen LogP contribution in [0.3, 0.4) is 0 Å². The van der Waals surface area contributed by atoms with Crippen LogP contribution in [0, 0.1) is 5.92 Å². The van der Waals surface area contributed by atoms with Crippen molar-refractivity contribution in [3.63, 3.8) is 0 Å². The zero-order valence-corrected chi connectivity index (χ0v) is 4.89. The highest BCUT2D eigenvalue weighted by Gasteiger charge is 2.33. The molecule has 0 aromatic rings. The lowest BCUT2D eigenvalue weighted by Crippen LogP contribution is -2.06. The molecule has 1 aliphatic rings. The lowest BCUT2D eigenvalue weighted by atomic mass is 10.1. The molecule has 0 bridgehead atoms. The Morgan fingerprint density at radius 3 is 1.89 bits per heavy atom. The van der Waals surface area contributed by atoms with Gasteiger partial charge in [-0.3, -0.25) is 0 Å². The van der Waals surface area contributed by atoms with Gasteiger partial charge in [0.2, 0.25) is 0 Å². The van der Waals surface area contributed by atoms with Crippen LogP contribution in [-0.2, 0) is 4.79 Å². The van der Waals surface area contributed by atoms with Crippen LogP contribution in [0.5, 0.6) is 0 Å². The average Bonchev–Trinajstić information content (AvgIpc) is 2.13. The van der Waals surface area contributed by atoms with E-state index in [4.69, 9.17) is 0 Å². The zero-order valence-electron chi connectivity index (χ0n) is 4.89. The summed E-state index contributed by atoms with van der Waals surface area (Å²) in [7, 11) is 0.